The monoisotopic (exact) mass is 452 g/mol. The van der Waals surface area contributed by atoms with Crippen LogP contribution in [0.4, 0.5) is 0 Å². The highest BCUT2D eigenvalue weighted by Crippen LogP contribution is 2.66. The maximum absolute atomic E-state index is 10.5. The molecule has 0 heterocycles. The lowest BCUT2D eigenvalue weighted by Crippen LogP contribution is -2.43. The van der Waals surface area contributed by atoms with E-state index in [0.717, 1.165) is 17.9 Å². The average molecular weight is 453 g/mol. The van der Waals surface area contributed by atoms with Crippen LogP contribution < -0.4 is 0 Å². The lowest BCUT2D eigenvalue weighted by atomic mass is 9.53. The Hall–Kier alpha value is -1.08. The van der Waals surface area contributed by atoms with Crippen molar-refractivity contribution in [1.82, 2.24) is 0 Å². The molecular formula is C32H52O. The van der Waals surface area contributed by atoms with Crippen molar-refractivity contribution in [3.05, 3.63) is 47.6 Å². The van der Waals surface area contributed by atoms with E-state index < -0.39 is 6.10 Å². The number of hydrogen-bond acceptors (Lipinski definition) is 1. The van der Waals surface area contributed by atoms with E-state index in [1.54, 1.807) is 5.57 Å². The summed E-state index contributed by atoms with van der Waals surface area (Å²) in [5.41, 5.74) is 6.28. The van der Waals surface area contributed by atoms with Crippen LogP contribution in [0.5, 0.6) is 0 Å². The van der Waals surface area contributed by atoms with Crippen LogP contribution in [-0.4, -0.2) is 11.2 Å². The Labute approximate surface area is 205 Å². The fourth-order valence-corrected chi connectivity index (χ4v) is 7.64. The highest BCUT2D eigenvalue weighted by molar-refractivity contribution is 5.44. The SMILES string of the molecule is C=C1C(=CC=C2CCCC3(C)C2CCC3(C)C(C)CCCC(C)(C)C)CC(O)C(=C)C1CC. The number of aliphatic hydroxyl groups excluding tert-OH is 1. The van der Waals surface area contributed by atoms with Crippen LogP contribution in [0.25, 0.3) is 0 Å². The zero-order valence-corrected chi connectivity index (χ0v) is 22.9. The molecule has 3 aliphatic carbocycles. The van der Waals surface area contributed by atoms with Crippen molar-refractivity contribution in [1.29, 1.82) is 0 Å². The van der Waals surface area contributed by atoms with Crippen molar-refractivity contribution in [3.63, 3.8) is 0 Å². The van der Waals surface area contributed by atoms with Gasteiger partial charge in [-0.3, -0.25) is 0 Å². The van der Waals surface area contributed by atoms with Crippen LogP contribution in [0, 0.1) is 34.0 Å². The summed E-state index contributed by atoms with van der Waals surface area (Å²) in [5.74, 6) is 1.70. The molecule has 6 atom stereocenters. The van der Waals surface area contributed by atoms with Gasteiger partial charge < -0.3 is 5.11 Å². The third-order valence-corrected chi connectivity index (χ3v) is 10.3. The topological polar surface area (TPSA) is 20.2 Å². The molecule has 0 bridgehead atoms. The fraction of sp³-hybridized carbons (Fsp3) is 0.750. The Balaban J connectivity index is 1.79. The molecule has 33 heavy (non-hydrogen) atoms. The normalized spacial score (nSPS) is 38.7. The van der Waals surface area contributed by atoms with E-state index in [1.807, 2.05) is 0 Å². The van der Waals surface area contributed by atoms with Crippen LogP contribution >= 0.6 is 0 Å². The molecule has 1 heteroatoms. The molecule has 6 unspecified atom stereocenters. The van der Waals surface area contributed by atoms with Crippen LogP contribution in [0.15, 0.2) is 47.6 Å². The van der Waals surface area contributed by atoms with Crippen molar-refractivity contribution in [2.24, 2.45) is 34.0 Å². The van der Waals surface area contributed by atoms with Gasteiger partial charge >= 0.3 is 0 Å². The molecule has 0 amide bonds. The maximum atomic E-state index is 10.5. The molecule has 3 fully saturated rings. The van der Waals surface area contributed by atoms with E-state index in [1.165, 1.54) is 62.5 Å². The van der Waals surface area contributed by atoms with Crippen molar-refractivity contribution in [2.45, 2.75) is 119 Å². The highest BCUT2D eigenvalue weighted by atomic mass is 16.3. The summed E-state index contributed by atoms with van der Waals surface area (Å²) < 4.78 is 0. The second-order valence-electron chi connectivity index (χ2n) is 13.3. The standard InChI is InChI=1S/C32H52O/c1-10-27-23(3)26(21-29(33)24(27)4)16-15-25-14-12-19-32(9)28(25)17-20-31(32,8)22(2)13-11-18-30(5,6)7/h15-16,22,27-29,33H,3-4,10-14,17-21H2,1-2,5-9H3. The summed E-state index contributed by atoms with van der Waals surface area (Å²) in [6.45, 7) is 25.6. The van der Waals surface area contributed by atoms with Crippen LogP contribution in [0.2, 0.25) is 0 Å². The van der Waals surface area contributed by atoms with E-state index in [-0.39, 0.29) is 5.92 Å². The van der Waals surface area contributed by atoms with Gasteiger partial charge in [-0.05, 0) is 89.7 Å². The molecule has 0 radical (unpaired) electrons. The van der Waals surface area contributed by atoms with E-state index in [0.29, 0.717) is 28.6 Å². The van der Waals surface area contributed by atoms with Crippen molar-refractivity contribution >= 4 is 0 Å². The Kier molecular flexibility index (Phi) is 7.94. The van der Waals surface area contributed by atoms with Gasteiger partial charge in [-0.2, -0.15) is 0 Å². The minimum Gasteiger partial charge on any atom is -0.388 e. The molecule has 186 valence electrons. The third kappa shape index (κ3) is 5.14. The summed E-state index contributed by atoms with van der Waals surface area (Å²) in [5, 5.41) is 10.5. The predicted molar refractivity (Wildman–Crippen MR) is 144 cm³/mol. The van der Waals surface area contributed by atoms with Gasteiger partial charge in [0.15, 0.2) is 0 Å². The minimum absolute atomic E-state index is 0.221. The van der Waals surface area contributed by atoms with Gasteiger partial charge in [0.1, 0.15) is 0 Å². The lowest BCUT2D eigenvalue weighted by Gasteiger charge is -2.51. The zero-order chi connectivity index (χ0) is 24.6. The minimum atomic E-state index is -0.426. The second-order valence-corrected chi connectivity index (χ2v) is 13.3. The molecule has 0 aromatic heterocycles. The number of hydrogen-bond donors (Lipinski definition) is 1. The molecule has 3 saturated carbocycles. The van der Waals surface area contributed by atoms with E-state index in [9.17, 15) is 5.11 Å². The first-order valence-corrected chi connectivity index (χ1v) is 13.8. The molecular weight excluding hydrogens is 400 g/mol. The Morgan fingerprint density at radius 3 is 2.48 bits per heavy atom. The van der Waals surface area contributed by atoms with Gasteiger partial charge in [0.25, 0.3) is 0 Å². The molecule has 1 nitrogen and oxygen atoms in total. The first-order chi connectivity index (χ1) is 15.3. The van der Waals surface area contributed by atoms with Gasteiger partial charge in [0, 0.05) is 12.3 Å². The molecule has 3 aliphatic rings. The molecule has 0 aliphatic heterocycles. The molecule has 1 N–H and O–H groups in total. The van der Waals surface area contributed by atoms with Crippen molar-refractivity contribution in [3.8, 4) is 0 Å². The quantitative estimate of drug-likeness (QED) is 0.398. The summed E-state index contributed by atoms with van der Waals surface area (Å²) in [7, 11) is 0. The summed E-state index contributed by atoms with van der Waals surface area (Å²) >= 11 is 0. The summed E-state index contributed by atoms with van der Waals surface area (Å²) in [4.78, 5) is 0. The van der Waals surface area contributed by atoms with E-state index in [4.69, 9.17) is 0 Å². The second kappa shape index (κ2) is 9.88. The maximum Gasteiger partial charge on any atom is 0.0793 e. The Morgan fingerprint density at radius 1 is 1.15 bits per heavy atom. The first kappa shape index (κ1) is 26.5. The molecule has 0 aromatic carbocycles. The van der Waals surface area contributed by atoms with Gasteiger partial charge in [-0.1, -0.05) is 92.2 Å². The Bertz CT molecular complexity index is 805. The first-order valence-electron chi connectivity index (χ1n) is 13.8. The van der Waals surface area contributed by atoms with Gasteiger partial charge in [-0.15, -0.1) is 0 Å². The number of fused-ring (bicyclic) bond motifs is 1. The van der Waals surface area contributed by atoms with Crippen LogP contribution in [0.3, 0.4) is 0 Å². The number of rotatable bonds is 6. The smallest absolute Gasteiger partial charge is 0.0793 e. The van der Waals surface area contributed by atoms with Gasteiger partial charge in [0.2, 0.25) is 0 Å². The van der Waals surface area contributed by atoms with Crippen molar-refractivity contribution < 1.29 is 5.11 Å². The van der Waals surface area contributed by atoms with E-state index in [2.05, 4.69) is 73.8 Å². The third-order valence-electron chi connectivity index (χ3n) is 10.3. The van der Waals surface area contributed by atoms with Crippen LogP contribution in [0.1, 0.15) is 113 Å². The highest BCUT2D eigenvalue weighted by Gasteiger charge is 2.57. The molecule has 3 rings (SSSR count). The number of aliphatic hydroxyl groups is 1. The zero-order valence-electron chi connectivity index (χ0n) is 22.9. The Morgan fingerprint density at radius 2 is 1.85 bits per heavy atom. The lowest BCUT2D eigenvalue weighted by molar-refractivity contribution is 0.00133. The molecule has 0 saturated heterocycles. The summed E-state index contributed by atoms with van der Waals surface area (Å²) in [6.07, 6.45) is 16.6. The van der Waals surface area contributed by atoms with Crippen LogP contribution in [-0.2, 0) is 0 Å². The largest absolute Gasteiger partial charge is 0.388 e. The van der Waals surface area contributed by atoms with Gasteiger partial charge in [0.05, 0.1) is 6.10 Å². The molecule has 0 spiro atoms. The fourth-order valence-electron chi connectivity index (χ4n) is 7.64. The molecule has 0 aromatic rings. The number of allylic oxidation sites excluding steroid dienone is 4. The van der Waals surface area contributed by atoms with Gasteiger partial charge in [-0.25, -0.2) is 0 Å². The predicted octanol–water partition coefficient (Wildman–Crippen LogP) is 9.20. The van der Waals surface area contributed by atoms with Crippen molar-refractivity contribution in [2.75, 3.05) is 0 Å². The van der Waals surface area contributed by atoms with E-state index >= 15 is 0 Å². The summed E-state index contributed by atoms with van der Waals surface area (Å²) in [6, 6.07) is 0. The average Bonchev–Trinajstić information content (AvgIpc) is 3.01.